The summed E-state index contributed by atoms with van der Waals surface area (Å²) in [6, 6.07) is 0.464. The molecule has 0 unspecified atom stereocenters. The van der Waals surface area contributed by atoms with Crippen LogP contribution in [0, 0.1) is 0 Å². The molecule has 0 bridgehead atoms. The zero-order chi connectivity index (χ0) is 12.6. The third kappa shape index (κ3) is 2.33. The van der Waals surface area contributed by atoms with Crippen LogP contribution in [0.15, 0.2) is 0 Å². The van der Waals surface area contributed by atoms with Crippen LogP contribution in [0.2, 0.25) is 0 Å². The number of amides is 1. The van der Waals surface area contributed by atoms with Crippen LogP contribution in [0.3, 0.4) is 0 Å². The van der Waals surface area contributed by atoms with Crippen molar-refractivity contribution in [1.29, 1.82) is 0 Å². The number of hydrogen-bond acceptors (Lipinski definition) is 3. The van der Waals surface area contributed by atoms with Gasteiger partial charge in [-0.3, -0.25) is 9.69 Å². The maximum absolute atomic E-state index is 12.2. The Hall–Kier alpha value is -0.610. The van der Waals surface area contributed by atoms with Crippen LogP contribution in [0.25, 0.3) is 0 Å². The first-order chi connectivity index (χ1) is 7.93. The van der Waals surface area contributed by atoms with Crippen molar-refractivity contribution < 1.29 is 9.90 Å². The molecule has 2 aliphatic rings. The van der Waals surface area contributed by atoms with E-state index < -0.39 is 0 Å². The lowest BCUT2D eigenvalue weighted by Gasteiger charge is -2.49. The Labute approximate surface area is 104 Å². The molecule has 4 nitrogen and oxygen atoms in total. The molecule has 2 fully saturated rings. The highest BCUT2D eigenvalue weighted by Crippen LogP contribution is 2.31. The number of hydrogen-bond donors (Lipinski definition) is 1. The largest absolute Gasteiger partial charge is 0.393 e. The maximum Gasteiger partial charge on any atom is 0.242 e. The fourth-order valence-electron chi connectivity index (χ4n) is 3.24. The van der Waals surface area contributed by atoms with E-state index in [1.54, 1.807) is 0 Å². The molecular formula is C13H24N2O2. The van der Waals surface area contributed by atoms with Crippen LogP contribution in [-0.2, 0) is 4.79 Å². The highest BCUT2D eigenvalue weighted by atomic mass is 16.3. The maximum atomic E-state index is 12.2. The van der Waals surface area contributed by atoms with E-state index in [2.05, 4.69) is 4.90 Å². The molecule has 4 heteroatoms. The lowest BCUT2D eigenvalue weighted by atomic mass is 9.87. The fourth-order valence-corrected chi connectivity index (χ4v) is 3.24. The van der Waals surface area contributed by atoms with Gasteiger partial charge in [0.15, 0.2) is 0 Å². The van der Waals surface area contributed by atoms with Gasteiger partial charge < -0.3 is 10.0 Å². The van der Waals surface area contributed by atoms with Crippen molar-refractivity contribution >= 4 is 5.91 Å². The Morgan fingerprint density at radius 2 is 1.76 bits per heavy atom. The number of carbonyl (C=O) groups excluding carboxylic acids is 1. The molecule has 0 aromatic carbocycles. The van der Waals surface area contributed by atoms with Gasteiger partial charge >= 0.3 is 0 Å². The summed E-state index contributed by atoms with van der Waals surface area (Å²) in [5, 5.41) is 9.56. The molecule has 1 saturated heterocycles. The molecular weight excluding hydrogens is 216 g/mol. The number of piperazine rings is 1. The summed E-state index contributed by atoms with van der Waals surface area (Å²) in [6.07, 6.45) is 3.66. The van der Waals surface area contributed by atoms with E-state index in [9.17, 15) is 9.90 Å². The number of aliphatic hydroxyl groups excluding tert-OH is 1. The molecule has 0 atom stereocenters. The van der Waals surface area contributed by atoms with Gasteiger partial charge in [0.25, 0.3) is 0 Å². The van der Waals surface area contributed by atoms with Crippen LogP contribution >= 0.6 is 0 Å². The van der Waals surface area contributed by atoms with Gasteiger partial charge in [0, 0.05) is 26.2 Å². The number of rotatable bonds is 1. The highest BCUT2D eigenvalue weighted by molar-refractivity contribution is 5.86. The second kappa shape index (κ2) is 4.58. The normalized spacial score (nSPS) is 35.1. The number of aliphatic hydroxyl groups is 1. The average Bonchev–Trinajstić information content (AvgIpc) is 2.28. The monoisotopic (exact) mass is 240 g/mol. The van der Waals surface area contributed by atoms with Gasteiger partial charge in [-0.1, -0.05) is 0 Å². The molecule has 0 aromatic heterocycles. The lowest BCUT2D eigenvalue weighted by molar-refractivity contribution is -0.150. The summed E-state index contributed by atoms with van der Waals surface area (Å²) >= 11 is 0. The van der Waals surface area contributed by atoms with Gasteiger partial charge in [-0.25, -0.2) is 0 Å². The van der Waals surface area contributed by atoms with E-state index in [0.29, 0.717) is 6.04 Å². The van der Waals surface area contributed by atoms with Crippen molar-refractivity contribution in [2.24, 2.45) is 0 Å². The van der Waals surface area contributed by atoms with E-state index in [1.807, 2.05) is 25.8 Å². The molecule has 0 radical (unpaired) electrons. The fraction of sp³-hybridized carbons (Fsp3) is 0.923. The van der Waals surface area contributed by atoms with Gasteiger partial charge in [-0.15, -0.1) is 0 Å². The Balaban J connectivity index is 2.08. The molecule has 1 N–H and O–H groups in total. The second-order valence-corrected chi connectivity index (χ2v) is 5.94. The van der Waals surface area contributed by atoms with E-state index >= 15 is 0 Å². The highest BCUT2D eigenvalue weighted by Gasteiger charge is 2.43. The topological polar surface area (TPSA) is 43.8 Å². The summed E-state index contributed by atoms with van der Waals surface area (Å²) in [6.45, 7) is 5.82. The summed E-state index contributed by atoms with van der Waals surface area (Å²) in [5.74, 6) is 0.217. The molecule has 1 aliphatic heterocycles. The third-order valence-corrected chi connectivity index (χ3v) is 4.37. The predicted molar refractivity (Wildman–Crippen MR) is 66.7 cm³/mol. The van der Waals surface area contributed by atoms with Gasteiger partial charge in [-0.05, 0) is 39.5 Å². The van der Waals surface area contributed by atoms with Crippen molar-refractivity contribution in [3.8, 4) is 0 Å². The first-order valence-electron chi connectivity index (χ1n) is 6.63. The van der Waals surface area contributed by atoms with Crippen molar-refractivity contribution in [2.45, 2.75) is 57.2 Å². The van der Waals surface area contributed by atoms with Crippen LogP contribution in [0.1, 0.15) is 39.5 Å². The van der Waals surface area contributed by atoms with Gasteiger partial charge in [0.05, 0.1) is 11.6 Å². The Bertz CT molecular complexity index is 296. The van der Waals surface area contributed by atoms with Crippen molar-refractivity contribution in [2.75, 3.05) is 20.1 Å². The summed E-state index contributed by atoms with van der Waals surface area (Å²) < 4.78 is 0. The molecule has 17 heavy (non-hydrogen) atoms. The van der Waals surface area contributed by atoms with Gasteiger partial charge in [-0.2, -0.15) is 0 Å². The first-order valence-corrected chi connectivity index (χ1v) is 6.63. The summed E-state index contributed by atoms with van der Waals surface area (Å²) in [4.78, 5) is 16.4. The average molecular weight is 240 g/mol. The minimum atomic E-state index is -0.389. The Kier molecular flexibility index (Phi) is 3.46. The number of carbonyl (C=O) groups is 1. The van der Waals surface area contributed by atoms with Gasteiger partial charge in [0.1, 0.15) is 0 Å². The molecule has 0 spiro atoms. The lowest BCUT2D eigenvalue weighted by Crippen LogP contribution is -2.65. The SMILES string of the molecule is CN1CCN(C2CCC(O)CC2)C(C)(C)C1=O. The number of likely N-dealkylation sites (N-methyl/N-ethyl adjacent to an activating group) is 1. The zero-order valence-corrected chi connectivity index (χ0v) is 11.1. The second-order valence-electron chi connectivity index (χ2n) is 5.94. The van der Waals surface area contributed by atoms with Crippen molar-refractivity contribution in [1.82, 2.24) is 9.80 Å². The van der Waals surface area contributed by atoms with Crippen LogP contribution in [0.5, 0.6) is 0 Å². The predicted octanol–water partition coefficient (Wildman–Crippen LogP) is 0.842. The molecule has 2 rings (SSSR count). The quantitative estimate of drug-likeness (QED) is 0.739. The van der Waals surface area contributed by atoms with Gasteiger partial charge in [0.2, 0.25) is 5.91 Å². The van der Waals surface area contributed by atoms with Crippen molar-refractivity contribution in [3.63, 3.8) is 0 Å². The minimum absolute atomic E-state index is 0.127. The van der Waals surface area contributed by atoms with E-state index in [1.165, 1.54) is 0 Å². The first kappa shape index (κ1) is 12.8. The Morgan fingerprint density at radius 3 is 2.35 bits per heavy atom. The summed E-state index contributed by atoms with van der Waals surface area (Å²) in [5.41, 5.74) is -0.389. The molecule has 0 aromatic rings. The molecule has 1 aliphatic carbocycles. The summed E-state index contributed by atoms with van der Waals surface area (Å²) in [7, 11) is 1.88. The zero-order valence-electron chi connectivity index (χ0n) is 11.1. The van der Waals surface area contributed by atoms with E-state index in [4.69, 9.17) is 0 Å². The third-order valence-electron chi connectivity index (χ3n) is 4.37. The van der Waals surface area contributed by atoms with E-state index in [0.717, 1.165) is 38.8 Å². The van der Waals surface area contributed by atoms with E-state index in [-0.39, 0.29) is 17.6 Å². The molecule has 1 saturated carbocycles. The van der Waals surface area contributed by atoms with Crippen LogP contribution < -0.4 is 0 Å². The van der Waals surface area contributed by atoms with Crippen LogP contribution in [-0.4, -0.2) is 58.6 Å². The smallest absolute Gasteiger partial charge is 0.242 e. The molecule has 98 valence electrons. The standard InChI is InChI=1S/C13H24N2O2/c1-13(2)12(17)14(3)8-9-15(13)10-4-6-11(16)7-5-10/h10-11,16H,4-9H2,1-3H3. The Morgan fingerprint density at radius 1 is 1.18 bits per heavy atom. The van der Waals surface area contributed by atoms with Crippen LogP contribution in [0.4, 0.5) is 0 Å². The molecule has 1 heterocycles. The number of nitrogens with zero attached hydrogens (tertiary/aromatic N) is 2. The molecule has 1 amide bonds. The van der Waals surface area contributed by atoms with Crippen molar-refractivity contribution in [3.05, 3.63) is 0 Å². The minimum Gasteiger partial charge on any atom is -0.393 e.